The van der Waals surface area contributed by atoms with E-state index in [0.29, 0.717) is 70.2 Å². The summed E-state index contributed by atoms with van der Waals surface area (Å²) in [6.45, 7) is 0.928. The Kier molecular flexibility index (Phi) is 5.83. The first-order valence-corrected chi connectivity index (χ1v) is 12.0. The summed E-state index contributed by atoms with van der Waals surface area (Å²) in [5.41, 5.74) is 2.49. The molecular formula is C29H24O9. The third-order valence-corrected chi connectivity index (χ3v) is 6.73. The van der Waals surface area contributed by atoms with Crippen molar-refractivity contribution in [2.75, 3.05) is 34.5 Å². The van der Waals surface area contributed by atoms with Crippen molar-refractivity contribution >= 4 is 17.8 Å². The third kappa shape index (κ3) is 3.87. The van der Waals surface area contributed by atoms with E-state index in [9.17, 15) is 9.59 Å². The van der Waals surface area contributed by atoms with Crippen molar-refractivity contribution in [3.63, 3.8) is 0 Å². The van der Waals surface area contributed by atoms with Gasteiger partial charge in [-0.2, -0.15) is 0 Å². The number of methoxy groups -OCH3 is 3. The molecular weight excluding hydrogens is 492 g/mol. The summed E-state index contributed by atoms with van der Waals surface area (Å²) in [6.07, 6.45) is 1.71. The van der Waals surface area contributed by atoms with E-state index in [-0.39, 0.29) is 23.9 Å². The van der Waals surface area contributed by atoms with Crippen molar-refractivity contribution in [3.05, 3.63) is 70.5 Å². The summed E-state index contributed by atoms with van der Waals surface area (Å²) in [4.78, 5) is 25.9. The van der Waals surface area contributed by atoms with Gasteiger partial charge in [-0.3, -0.25) is 9.59 Å². The minimum atomic E-state index is -0.398. The number of allylic oxidation sites excluding steroid dienone is 1. The molecule has 0 aliphatic carbocycles. The zero-order chi connectivity index (χ0) is 26.4. The Labute approximate surface area is 218 Å². The van der Waals surface area contributed by atoms with E-state index in [1.807, 2.05) is 18.2 Å². The summed E-state index contributed by atoms with van der Waals surface area (Å²) < 4.78 is 39.4. The molecule has 0 saturated heterocycles. The lowest BCUT2D eigenvalue weighted by atomic mass is 9.84. The molecule has 9 heteroatoms. The molecule has 3 aromatic carbocycles. The van der Waals surface area contributed by atoms with Gasteiger partial charge in [0.1, 0.15) is 24.7 Å². The Bertz CT molecular complexity index is 1480. The highest BCUT2D eigenvalue weighted by molar-refractivity contribution is 6.15. The van der Waals surface area contributed by atoms with Gasteiger partial charge in [-0.25, -0.2) is 0 Å². The van der Waals surface area contributed by atoms with Crippen LogP contribution < -0.4 is 33.2 Å². The van der Waals surface area contributed by atoms with E-state index < -0.39 is 5.92 Å². The molecule has 0 unspecified atom stereocenters. The molecule has 0 bridgehead atoms. The summed E-state index contributed by atoms with van der Waals surface area (Å²) in [7, 11) is 4.56. The maximum Gasteiger partial charge on any atom is 0.312 e. The zero-order valence-electron chi connectivity index (χ0n) is 21.0. The highest BCUT2D eigenvalue weighted by Gasteiger charge is 2.39. The smallest absolute Gasteiger partial charge is 0.312 e. The second-order valence-corrected chi connectivity index (χ2v) is 8.89. The number of benzene rings is 3. The number of hydrogen-bond donors (Lipinski definition) is 0. The first-order chi connectivity index (χ1) is 18.5. The van der Waals surface area contributed by atoms with Crippen LogP contribution in [0.25, 0.3) is 6.08 Å². The predicted octanol–water partition coefficient (Wildman–Crippen LogP) is 4.54. The van der Waals surface area contributed by atoms with Gasteiger partial charge in [0.2, 0.25) is 11.5 Å². The van der Waals surface area contributed by atoms with Crippen molar-refractivity contribution in [1.82, 2.24) is 0 Å². The monoisotopic (exact) mass is 516 g/mol. The maximum absolute atomic E-state index is 13.4. The quantitative estimate of drug-likeness (QED) is 0.275. The second kappa shape index (κ2) is 9.33. The molecule has 3 aromatic rings. The van der Waals surface area contributed by atoms with Crippen LogP contribution in [0.4, 0.5) is 0 Å². The minimum absolute atomic E-state index is 0.0899. The lowest BCUT2D eigenvalue weighted by molar-refractivity contribution is -0.135. The molecule has 194 valence electrons. The summed E-state index contributed by atoms with van der Waals surface area (Å²) >= 11 is 0. The molecule has 3 heterocycles. The lowest BCUT2D eigenvalue weighted by Gasteiger charge is -2.27. The molecule has 0 amide bonds. The number of carbonyl (C=O) groups excluding carboxylic acids is 2. The topological polar surface area (TPSA) is 98.8 Å². The fourth-order valence-electron chi connectivity index (χ4n) is 5.00. The molecule has 1 atom stereocenters. The van der Waals surface area contributed by atoms with Crippen LogP contribution in [-0.4, -0.2) is 46.3 Å². The predicted molar refractivity (Wildman–Crippen MR) is 135 cm³/mol. The summed E-state index contributed by atoms with van der Waals surface area (Å²) in [6, 6.07) is 12.3. The van der Waals surface area contributed by atoms with Crippen LogP contribution in [-0.2, 0) is 4.79 Å². The zero-order valence-corrected chi connectivity index (χ0v) is 21.0. The average Bonchev–Trinajstić information content (AvgIpc) is 3.26. The summed E-state index contributed by atoms with van der Waals surface area (Å²) in [5.74, 6) is 2.42. The van der Waals surface area contributed by atoms with Gasteiger partial charge in [0.05, 0.1) is 33.3 Å². The van der Waals surface area contributed by atoms with E-state index in [4.69, 9.17) is 33.2 Å². The van der Waals surface area contributed by atoms with E-state index >= 15 is 0 Å². The molecule has 0 radical (unpaired) electrons. The normalized spacial score (nSPS) is 18.3. The average molecular weight is 517 g/mol. The Morgan fingerprint density at radius 1 is 0.816 bits per heavy atom. The fraction of sp³-hybridized carbons (Fsp3) is 0.241. The Balaban J connectivity index is 1.42. The van der Waals surface area contributed by atoms with E-state index in [1.165, 1.54) is 21.3 Å². The first-order valence-electron chi connectivity index (χ1n) is 12.0. The van der Waals surface area contributed by atoms with Crippen molar-refractivity contribution in [2.45, 2.75) is 12.3 Å². The fourth-order valence-corrected chi connectivity index (χ4v) is 5.00. The number of esters is 1. The molecule has 3 aliphatic rings. The maximum atomic E-state index is 13.4. The highest BCUT2D eigenvalue weighted by atomic mass is 16.6. The SMILES string of the molecule is COc1cc(/C=C2\Oc3c(ccc4c3[C@H](c3ccc5c(c3)OCCO5)CC(=O)O4)C2=O)cc(OC)c1OC. The Morgan fingerprint density at radius 3 is 2.24 bits per heavy atom. The van der Waals surface area contributed by atoms with Crippen molar-refractivity contribution < 1.29 is 42.7 Å². The molecule has 0 fully saturated rings. The van der Waals surface area contributed by atoms with Crippen LogP contribution in [0.3, 0.4) is 0 Å². The van der Waals surface area contributed by atoms with E-state index in [2.05, 4.69) is 0 Å². The third-order valence-electron chi connectivity index (χ3n) is 6.73. The van der Waals surface area contributed by atoms with E-state index in [0.717, 1.165) is 5.56 Å². The van der Waals surface area contributed by atoms with Gasteiger partial charge in [0.15, 0.2) is 28.8 Å². The van der Waals surface area contributed by atoms with Crippen molar-refractivity contribution in [3.8, 4) is 40.2 Å². The number of ether oxygens (including phenoxy) is 7. The van der Waals surface area contributed by atoms with Crippen molar-refractivity contribution in [1.29, 1.82) is 0 Å². The highest BCUT2D eigenvalue weighted by Crippen LogP contribution is 2.50. The van der Waals surface area contributed by atoms with Gasteiger partial charge in [-0.05, 0) is 53.6 Å². The van der Waals surface area contributed by atoms with Crippen LogP contribution in [0, 0.1) is 0 Å². The Hall–Kier alpha value is -4.66. The number of hydrogen-bond acceptors (Lipinski definition) is 9. The van der Waals surface area contributed by atoms with E-state index in [1.54, 1.807) is 30.3 Å². The number of Topliss-reactive ketones (excluding diaryl/α,β-unsaturated/α-hetero) is 1. The molecule has 0 aromatic heterocycles. The standard InChI is InChI=1S/C29H24O9/c1-32-23-11-15(12-24(33-2)29(23)34-3)10-22-27(31)17-5-7-20-26(28(17)38-22)18(14-25(30)37-20)16-4-6-19-21(13-16)36-9-8-35-19/h4-7,10-13,18H,8-9,14H2,1-3H3/b22-10-/t18-/m0/s1. The van der Waals surface area contributed by atoms with Gasteiger partial charge in [0, 0.05) is 11.5 Å². The molecule has 38 heavy (non-hydrogen) atoms. The van der Waals surface area contributed by atoms with Gasteiger partial charge < -0.3 is 33.2 Å². The molecule has 3 aliphatic heterocycles. The van der Waals surface area contributed by atoms with Crippen LogP contribution in [0.15, 0.2) is 48.2 Å². The molecule has 9 nitrogen and oxygen atoms in total. The van der Waals surface area contributed by atoms with Crippen LogP contribution >= 0.6 is 0 Å². The summed E-state index contributed by atoms with van der Waals surface area (Å²) in [5, 5.41) is 0. The molecule has 0 saturated carbocycles. The molecule has 6 rings (SSSR count). The number of carbonyl (C=O) groups is 2. The van der Waals surface area contributed by atoms with Gasteiger partial charge in [0.25, 0.3) is 0 Å². The number of rotatable bonds is 5. The molecule has 0 spiro atoms. The number of ketones is 1. The first kappa shape index (κ1) is 23.7. The van der Waals surface area contributed by atoms with Crippen molar-refractivity contribution in [2.24, 2.45) is 0 Å². The number of fused-ring (bicyclic) bond motifs is 4. The molecule has 0 N–H and O–H groups in total. The largest absolute Gasteiger partial charge is 0.493 e. The van der Waals surface area contributed by atoms with Gasteiger partial charge in [-0.1, -0.05) is 6.07 Å². The van der Waals surface area contributed by atoms with Gasteiger partial charge in [-0.15, -0.1) is 0 Å². The van der Waals surface area contributed by atoms with Crippen LogP contribution in [0.1, 0.15) is 39.4 Å². The Morgan fingerprint density at radius 2 is 1.53 bits per heavy atom. The van der Waals surface area contributed by atoms with Gasteiger partial charge >= 0.3 is 5.97 Å². The van der Waals surface area contributed by atoms with Crippen LogP contribution in [0.2, 0.25) is 0 Å². The second-order valence-electron chi connectivity index (χ2n) is 8.89. The lowest BCUT2D eigenvalue weighted by Crippen LogP contribution is -2.22. The minimum Gasteiger partial charge on any atom is -0.493 e. The van der Waals surface area contributed by atoms with Crippen LogP contribution in [0.5, 0.6) is 40.2 Å².